The van der Waals surface area contributed by atoms with Gasteiger partial charge in [-0.1, -0.05) is 0 Å². The van der Waals surface area contributed by atoms with E-state index in [-0.39, 0.29) is 11.0 Å². The van der Waals surface area contributed by atoms with E-state index in [1.807, 2.05) is 13.8 Å². The summed E-state index contributed by atoms with van der Waals surface area (Å²) in [4.78, 5) is 0. The van der Waals surface area contributed by atoms with Crippen LogP contribution in [0.3, 0.4) is 0 Å². The summed E-state index contributed by atoms with van der Waals surface area (Å²) in [5.41, 5.74) is 1.26. The number of nitrogens with zero attached hydrogens (tertiary/aromatic N) is 2. The highest BCUT2D eigenvalue weighted by Gasteiger charge is 2.15. The first-order valence-electron chi connectivity index (χ1n) is 7.03. The summed E-state index contributed by atoms with van der Waals surface area (Å²) < 4.78 is 2.22. The third kappa shape index (κ3) is 6.45. The summed E-state index contributed by atoms with van der Waals surface area (Å²) in [5, 5.41) is 12.5. The van der Waals surface area contributed by atoms with Crippen LogP contribution in [0.25, 0.3) is 0 Å². The lowest BCUT2D eigenvalue weighted by Crippen LogP contribution is -2.34. The molecule has 0 atom stereocenters. The Bertz CT molecular complexity index is 430. The van der Waals surface area contributed by atoms with E-state index >= 15 is 0 Å². The molecule has 0 unspecified atom stereocenters. The maximum absolute atomic E-state index is 8.98. The lowest BCUT2D eigenvalue weighted by atomic mass is 9.90. The number of aryl methyl sites for hydroxylation is 1. The standard InChI is InChI=1S/C16H27N3/c1-15(2,3)18-11-14-7-10-19(12-14)9-6-8-16(4,5)13-17/h7,10,12,18H,6,8-9,11H2,1-5H3. The predicted octanol–water partition coefficient (Wildman–Crippen LogP) is 3.71. The topological polar surface area (TPSA) is 40.8 Å². The van der Waals surface area contributed by atoms with Gasteiger partial charge in [-0.15, -0.1) is 0 Å². The van der Waals surface area contributed by atoms with Gasteiger partial charge in [0.2, 0.25) is 0 Å². The molecule has 3 nitrogen and oxygen atoms in total. The zero-order valence-electron chi connectivity index (χ0n) is 13.0. The van der Waals surface area contributed by atoms with Crippen molar-refractivity contribution in [3.8, 4) is 6.07 Å². The van der Waals surface area contributed by atoms with Crippen molar-refractivity contribution in [3.63, 3.8) is 0 Å². The molecule has 0 spiro atoms. The number of rotatable bonds is 6. The van der Waals surface area contributed by atoms with Crippen LogP contribution in [0.5, 0.6) is 0 Å². The fraction of sp³-hybridized carbons (Fsp3) is 0.688. The Balaban J connectivity index is 2.37. The van der Waals surface area contributed by atoms with Crippen LogP contribution in [0, 0.1) is 16.7 Å². The predicted molar refractivity (Wildman–Crippen MR) is 79.7 cm³/mol. The molecule has 0 aliphatic rings. The van der Waals surface area contributed by atoms with Gasteiger partial charge in [0.15, 0.2) is 0 Å². The zero-order chi connectivity index (χ0) is 14.5. The quantitative estimate of drug-likeness (QED) is 0.848. The van der Waals surface area contributed by atoms with Gasteiger partial charge in [-0.25, -0.2) is 0 Å². The maximum Gasteiger partial charge on any atom is 0.0683 e. The van der Waals surface area contributed by atoms with E-state index in [4.69, 9.17) is 5.26 Å². The molecule has 0 saturated heterocycles. The molecule has 0 saturated carbocycles. The fourth-order valence-electron chi connectivity index (χ4n) is 1.86. The van der Waals surface area contributed by atoms with Crippen LogP contribution in [0.1, 0.15) is 53.0 Å². The molecule has 0 bridgehead atoms. The van der Waals surface area contributed by atoms with Crippen molar-refractivity contribution in [2.24, 2.45) is 5.41 Å². The maximum atomic E-state index is 8.98. The summed E-state index contributed by atoms with van der Waals surface area (Å²) in [6.45, 7) is 12.4. The van der Waals surface area contributed by atoms with Crippen LogP contribution in [-0.4, -0.2) is 10.1 Å². The normalized spacial score (nSPS) is 12.4. The van der Waals surface area contributed by atoms with E-state index in [9.17, 15) is 0 Å². The third-order valence-electron chi connectivity index (χ3n) is 3.16. The molecular weight excluding hydrogens is 234 g/mol. The van der Waals surface area contributed by atoms with E-state index in [2.05, 4.69) is 55.2 Å². The van der Waals surface area contributed by atoms with Gasteiger partial charge in [0.25, 0.3) is 0 Å². The number of aromatic nitrogens is 1. The molecule has 1 rings (SSSR count). The first-order chi connectivity index (χ1) is 8.72. The summed E-state index contributed by atoms with van der Waals surface area (Å²) in [6.07, 6.45) is 6.30. The Labute approximate surface area is 117 Å². The van der Waals surface area contributed by atoms with E-state index in [0.29, 0.717) is 0 Å². The molecule has 0 aliphatic heterocycles. The SMILES string of the molecule is CC(C)(C#N)CCCn1ccc(CNC(C)(C)C)c1. The Kier molecular flexibility index (Phi) is 5.20. The van der Waals surface area contributed by atoms with Crippen LogP contribution < -0.4 is 5.32 Å². The Morgan fingerprint density at radius 2 is 1.95 bits per heavy atom. The monoisotopic (exact) mass is 261 g/mol. The van der Waals surface area contributed by atoms with Gasteiger partial charge in [0, 0.05) is 31.0 Å². The largest absolute Gasteiger partial charge is 0.354 e. The molecule has 1 heterocycles. The van der Waals surface area contributed by atoms with E-state index in [0.717, 1.165) is 25.9 Å². The average Bonchev–Trinajstić information content (AvgIpc) is 2.73. The van der Waals surface area contributed by atoms with Gasteiger partial charge < -0.3 is 9.88 Å². The minimum Gasteiger partial charge on any atom is -0.354 e. The lowest BCUT2D eigenvalue weighted by Gasteiger charge is -2.19. The van der Waals surface area contributed by atoms with Crippen molar-refractivity contribution in [1.82, 2.24) is 9.88 Å². The summed E-state index contributed by atoms with van der Waals surface area (Å²) in [6, 6.07) is 4.51. The highest BCUT2D eigenvalue weighted by Crippen LogP contribution is 2.21. The Morgan fingerprint density at radius 1 is 1.26 bits per heavy atom. The fourth-order valence-corrected chi connectivity index (χ4v) is 1.86. The lowest BCUT2D eigenvalue weighted by molar-refractivity contribution is 0.414. The number of hydrogen-bond donors (Lipinski definition) is 1. The summed E-state index contributed by atoms with van der Waals surface area (Å²) in [7, 11) is 0. The van der Waals surface area contributed by atoms with Crippen LogP contribution in [0.2, 0.25) is 0 Å². The van der Waals surface area contributed by atoms with Gasteiger partial charge in [-0.2, -0.15) is 5.26 Å². The van der Waals surface area contributed by atoms with E-state index in [1.165, 1.54) is 5.56 Å². The first kappa shape index (κ1) is 15.8. The van der Waals surface area contributed by atoms with Crippen LogP contribution >= 0.6 is 0 Å². The second-order valence-electron chi connectivity index (χ2n) is 6.96. The van der Waals surface area contributed by atoms with Crippen molar-refractivity contribution in [1.29, 1.82) is 5.26 Å². The van der Waals surface area contributed by atoms with Gasteiger partial charge >= 0.3 is 0 Å². The second kappa shape index (κ2) is 6.25. The van der Waals surface area contributed by atoms with Crippen molar-refractivity contribution >= 4 is 0 Å². The van der Waals surface area contributed by atoms with Crippen LogP contribution in [0.4, 0.5) is 0 Å². The smallest absolute Gasteiger partial charge is 0.0683 e. The minimum atomic E-state index is -0.205. The summed E-state index contributed by atoms with van der Waals surface area (Å²) in [5.74, 6) is 0. The third-order valence-corrected chi connectivity index (χ3v) is 3.16. The van der Waals surface area contributed by atoms with Gasteiger partial charge in [-0.3, -0.25) is 0 Å². The van der Waals surface area contributed by atoms with Crippen LogP contribution in [-0.2, 0) is 13.1 Å². The molecule has 0 aliphatic carbocycles. The van der Waals surface area contributed by atoms with Crippen molar-refractivity contribution < 1.29 is 0 Å². The second-order valence-corrected chi connectivity index (χ2v) is 6.96. The molecule has 0 aromatic carbocycles. The molecule has 0 radical (unpaired) electrons. The molecule has 1 N–H and O–H groups in total. The Hall–Kier alpha value is -1.27. The number of nitriles is 1. The zero-order valence-corrected chi connectivity index (χ0v) is 13.0. The van der Waals surface area contributed by atoms with Gasteiger partial charge in [0.1, 0.15) is 0 Å². The van der Waals surface area contributed by atoms with Crippen molar-refractivity contribution in [2.45, 2.75) is 66.1 Å². The summed E-state index contributed by atoms with van der Waals surface area (Å²) >= 11 is 0. The number of hydrogen-bond acceptors (Lipinski definition) is 2. The molecule has 106 valence electrons. The van der Waals surface area contributed by atoms with Gasteiger partial charge in [0.05, 0.1) is 11.5 Å². The highest BCUT2D eigenvalue weighted by atomic mass is 15.0. The first-order valence-corrected chi connectivity index (χ1v) is 7.03. The molecule has 1 aromatic rings. The Morgan fingerprint density at radius 3 is 2.53 bits per heavy atom. The van der Waals surface area contributed by atoms with E-state index < -0.39 is 0 Å². The van der Waals surface area contributed by atoms with Crippen molar-refractivity contribution in [2.75, 3.05) is 0 Å². The van der Waals surface area contributed by atoms with Gasteiger partial charge in [-0.05, 0) is 59.1 Å². The molecule has 3 heteroatoms. The molecular formula is C16H27N3. The average molecular weight is 261 g/mol. The molecule has 0 fully saturated rings. The minimum absolute atomic E-state index is 0.152. The molecule has 19 heavy (non-hydrogen) atoms. The molecule has 0 amide bonds. The highest BCUT2D eigenvalue weighted by molar-refractivity contribution is 5.10. The van der Waals surface area contributed by atoms with Crippen LogP contribution in [0.15, 0.2) is 18.5 Å². The van der Waals surface area contributed by atoms with Crippen molar-refractivity contribution in [3.05, 3.63) is 24.0 Å². The number of nitrogens with one attached hydrogen (secondary N) is 1. The van der Waals surface area contributed by atoms with E-state index in [1.54, 1.807) is 0 Å². The molecule has 1 aromatic heterocycles.